The molecular weight excluding hydrogens is 390 g/mol. The van der Waals surface area contributed by atoms with Crippen LogP contribution < -0.4 is 15.4 Å². The molecule has 1 rings (SSSR count). The molecule has 2 unspecified atom stereocenters. The molecule has 0 aromatic heterocycles. The van der Waals surface area contributed by atoms with Crippen LogP contribution in [0.15, 0.2) is 18.2 Å². The molecule has 0 aliphatic carbocycles. The summed E-state index contributed by atoms with van der Waals surface area (Å²) in [7, 11) is 0. The summed E-state index contributed by atoms with van der Waals surface area (Å²) in [6.07, 6.45) is 3.05. The van der Waals surface area contributed by atoms with Crippen molar-refractivity contribution in [2.75, 3.05) is 18.5 Å². The summed E-state index contributed by atoms with van der Waals surface area (Å²) in [6, 6.07) is 7.08. The SMILES string of the molecule is CCCCC(CC)C(=O)Nc1ccc(OCC(O)CNC(C)(C)C)c(C#N)c1.Cl. The van der Waals surface area contributed by atoms with Crippen LogP contribution in [0.4, 0.5) is 5.69 Å². The Bertz CT molecular complexity index is 668. The molecule has 0 heterocycles. The van der Waals surface area contributed by atoms with Gasteiger partial charge in [-0.15, -0.1) is 12.4 Å². The predicted octanol–water partition coefficient (Wildman–Crippen LogP) is 4.26. The van der Waals surface area contributed by atoms with E-state index in [-0.39, 0.29) is 36.4 Å². The number of carbonyl (C=O) groups excluding carboxylic acids is 1. The average Bonchev–Trinajstić information content (AvgIpc) is 2.65. The van der Waals surface area contributed by atoms with Gasteiger partial charge < -0.3 is 20.5 Å². The molecule has 0 aliphatic rings. The van der Waals surface area contributed by atoms with Gasteiger partial charge in [0.15, 0.2) is 0 Å². The summed E-state index contributed by atoms with van der Waals surface area (Å²) < 4.78 is 5.61. The lowest BCUT2D eigenvalue weighted by Crippen LogP contribution is -2.42. The molecule has 6 nitrogen and oxygen atoms in total. The topological polar surface area (TPSA) is 94.4 Å². The van der Waals surface area contributed by atoms with Crippen LogP contribution in [0.2, 0.25) is 0 Å². The first kappa shape index (κ1) is 27.2. The highest BCUT2D eigenvalue weighted by molar-refractivity contribution is 5.92. The summed E-state index contributed by atoms with van der Waals surface area (Å²) in [5.41, 5.74) is 0.820. The van der Waals surface area contributed by atoms with Crippen LogP contribution in [0.1, 0.15) is 65.9 Å². The first-order valence-electron chi connectivity index (χ1n) is 10.1. The second-order valence-electron chi connectivity index (χ2n) is 8.16. The third kappa shape index (κ3) is 10.5. The molecule has 0 saturated carbocycles. The van der Waals surface area contributed by atoms with Gasteiger partial charge in [-0.1, -0.05) is 26.7 Å². The Morgan fingerprint density at radius 2 is 2.00 bits per heavy atom. The quantitative estimate of drug-likeness (QED) is 0.492. The standard InChI is InChI=1S/C22H35N3O3.ClH/c1-6-8-9-16(7-2)21(27)25-18-10-11-20(17(12-18)13-23)28-15-19(26)14-24-22(3,4)5;/h10-12,16,19,24,26H,6-9,14-15H2,1-5H3,(H,25,27);1H. The van der Waals surface area contributed by atoms with Gasteiger partial charge in [-0.3, -0.25) is 4.79 Å². The zero-order valence-electron chi connectivity index (χ0n) is 18.2. The number of nitrogens with zero attached hydrogens (tertiary/aromatic N) is 1. The van der Waals surface area contributed by atoms with E-state index in [1.807, 2.05) is 27.7 Å². The molecule has 1 aromatic carbocycles. The number of ether oxygens (including phenoxy) is 1. The normalized spacial score (nSPS) is 13.0. The maximum atomic E-state index is 12.4. The second kappa shape index (κ2) is 13.4. The van der Waals surface area contributed by atoms with Gasteiger partial charge in [-0.25, -0.2) is 0 Å². The summed E-state index contributed by atoms with van der Waals surface area (Å²) in [5, 5.41) is 25.6. The molecular formula is C22H36ClN3O3. The third-order valence-corrected chi connectivity index (χ3v) is 4.44. The molecule has 164 valence electrons. The number of carbonyl (C=O) groups is 1. The molecule has 7 heteroatoms. The maximum Gasteiger partial charge on any atom is 0.227 e. The molecule has 0 aliphatic heterocycles. The number of nitrogens with one attached hydrogen (secondary N) is 2. The minimum Gasteiger partial charge on any atom is -0.489 e. The first-order chi connectivity index (χ1) is 13.2. The monoisotopic (exact) mass is 425 g/mol. The first-order valence-corrected chi connectivity index (χ1v) is 10.1. The molecule has 2 atom stereocenters. The van der Waals surface area contributed by atoms with Gasteiger partial charge in [0, 0.05) is 23.7 Å². The van der Waals surface area contributed by atoms with Crippen molar-refractivity contribution in [3.05, 3.63) is 23.8 Å². The Labute approximate surface area is 181 Å². The van der Waals surface area contributed by atoms with Crippen molar-refractivity contribution in [1.29, 1.82) is 5.26 Å². The number of rotatable bonds is 11. The summed E-state index contributed by atoms with van der Waals surface area (Å²) in [4.78, 5) is 12.4. The molecule has 0 spiro atoms. The van der Waals surface area contributed by atoms with Crippen molar-refractivity contribution in [3.63, 3.8) is 0 Å². The van der Waals surface area contributed by atoms with Gasteiger partial charge in [-0.2, -0.15) is 5.26 Å². The van der Waals surface area contributed by atoms with Gasteiger partial charge in [0.1, 0.15) is 24.5 Å². The number of β-amino-alcohol motifs (C(OH)–C–C–N with tert-alkyl or cyclic N) is 1. The molecule has 0 fully saturated rings. The van der Waals surface area contributed by atoms with Crippen molar-refractivity contribution < 1.29 is 14.6 Å². The van der Waals surface area contributed by atoms with E-state index in [9.17, 15) is 15.2 Å². The van der Waals surface area contributed by atoms with Gasteiger partial charge in [0.2, 0.25) is 5.91 Å². The lowest BCUT2D eigenvalue weighted by Gasteiger charge is -2.23. The van der Waals surface area contributed by atoms with E-state index in [2.05, 4.69) is 23.6 Å². The van der Waals surface area contributed by atoms with Crippen molar-refractivity contribution in [3.8, 4) is 11.8 Å². The van der Waals surface area contributed by atoms with Crippen LogP contribution in [0.25, 0.3) is 0 Å². The Kier molecular flexibility index (Phi) is 12.6. The van der Waals surface area contributed by atoms with E-state index in [4.69, 9.17) is 4.74 Å². The summed E-state index contributed by atoms with van der Waals surface area (Å²) in [5.74, 6) is 0.359. The lowest BCUT2D eigenvalue weighted by atomic mass is 9.98. The fourth-order valence-corrected chi connectivity index (χ4v) is 2.71. The van der Waals surface area contributed by atoms with Crippen molar-refractivity contribution in [2.24, 2.45) is 5.92 Å². The average molecular weight is 426 g/mol. The number of hydrogen-bond acceptors (Lipinski definition) is 5. The third-order valence-electron chi connectivity index (χ3n) is 4.44. The van der Waals surface area contributed by atoms with Gasteiger partial charge in [0.05, 0.1) is 5.56 Å². The number of benzene rings is 1. The van der Waals surface area contributed by atoms with Crippen LogP contribution in [-0.4, -0.2) is 35.8 Å². The Balaban J connectivity index is 0.00000784. The Morgan fingerprint density at radius 3 is 2.55 bits per heavy atom. The minimum absolute atomic E-state index is 0. The Morgan fingerprint density at radius 1 is 1.31 bits per heavy atom. The van der Waals surface area contributed by atoms with E-state index in [1.54, 1.807) is 18.2 Å². The smallest absolute Gasteiger partial charge is 0.227 e. The van der Waals surface area contributed by atoms with Crippen LogP contribution in [0, 0.1) is 17.2 Å². The zero-order chi connectivity index (χ0) is 21.2. The number of aliphatic hydroxyl groups excluding tert-OH is 1. The highest BCUT2D eigenvalue weighted by atomic mass is 35.5. The Hall–Kier alpha value is -1.81. The molecule has 29 heavy (non-hydrogen) atoms. The van der Waals surface area contributed by atoms with Crippen LogP contribution in [0.3, 0.4) is 0 Å². The van der Waals surface area contributed by atoms with Crippen molar-refractivity contribution >= 4 is 24.0 Å². The lowest BCUT2D eigenvalue weighted by molar-refractivity contribution is -0.120. The minimum atomic E-state index is -0.686. The summed E-state index contributed by atoms with van der Waals surface area (Å²) in [6.45, 7) is 10.7. The van der Waals surface area contributed by atoms with Gasteiger partial charge in [-0.05, 0) is 51.8 Å². The fourth-order valence-electron chi connectivity index (χ4n) is 2.71. The zero-order valence-corrected chi connectivity index (χ0v) is 19.1. The van der Waals surface area contributed by atoms with Crippen molar-refractivity contribution in [1.82, 2.24) is 5.32 Å². The second-order valence-corrected chi connectivity index (χ2v) is 8.16. The van der Waals surface area contributed by atoms with Gasteiger partial charge >= 0.3 is 0 Å². The molecule has 1 amide bonds. The van der Waals surface area contributed by atoms with E-state index in [0.717, 1.165) is 25.7 Å². The molecule has 0 bridgehead atoms. The number of amides is 1. The van der Waals surface area contributed by atoms with Gasteiger partial charge in [0.25, 0.3) is 0 Å². The van der Waals surface area contributed by atoms with E-state index in [1.165, 1.54) is 0 Å². The maximum absolute atomic E-state index is 12.4. The summed E-state index contributed by atoms with van der Waals surface area (Å²) >= 11 is 0. The number of unbranched alkanes of at least 4 members (excludes halogenated alkanes) is 1. The van der Waals surface area contributed by atoms with Crippen LogP contribution in [-0.2, 0) is 4.79 Å². The number of aliphatic hydroxyl groups is 1. The van der Waals surface area contributed by atoms with Crippen LogP contribution >= 0.6 is 12.4 Å². The highest BCUT2D eigenvalue weighted by Crippen LogP contribution is 2.24. The van der Waals surface area contributed by atoms with E-state index < -0.39 is 6.10 Å². The molecule has 0 saturated heterocycles. The fraction of sp³-hybridized carbons (Fsp3) is 0.636. The molecule has 0 radical (unpaired) electrons. The number of hydrogen-bond donors (Lipinski definition) is 3. The predicted molar refractivity (Wildman–Crippen MR) is 120 cm³/mol. The molecule has 1 aromatic rings. The highest BCUT2D eigenvalue weighted by Gasteiger charge is 2.17. The largest absolute Gasteiger partial charge is 0.489 e. The molecule has 3 N–H and O–H groups in total. The number of halogens is 1. The number of nitriles is 1. The van der Waals surface area contributed by atoms with E-state index in [0.29, 0.717) is 23.5 Å². The van der Waals surface area contributed by atoms with Crippen LogP contribution in [0.5, 0.6) is 5.75 Å². The number of anilines is 1. The van der Waals surface area contributed by atoms with Crippen molar-refractivity contribution in [2.45, 2.75) is 71.9 Å². The van der Waals surface area contributed by atoms with E-state index >= 15 is 0 Å².